The van der Waals surface area contributed by atoms with Crippen molar-refractivity contribution in [1.29, 1.82) is 0 Å². The minimum Gasteiger partial charge on any atom is -0.381 e. The number of ether oxygens (including phenoxy) is 1. The van der Waals surface area contributed by atoms with E-state index in [1.807, 2.05) is 30.1 Å². The second-order valence-corrected chi connectivity index (χ2v) is 5.08. The van der Waals surface area contributed by atoms with Gasteiger partial charge in [0.1, 0.15) is 6.54 Å². The summed E-state index contributed by atoms with van der Waals surface area (Å²) in [5.74, 6) is 0.0751. The molecule has 1 aliphatic heterocycles. The third kappa shape index (κ3) is 4.08. The first kappa shape index (κ1) is 14.1. The second-order valence-electron chi connectivity index (χ2n) is 5.08. The standard InChI is InChI=1S/C14H23N3O2/c1-11(15-2)12-3-6-17(9-12)10-14(18)16-13-4-7-19-8-5-13/h3,6,9,11,13,15H,4-5,7-8,10H2,1-2H3,(H,16,18). The highest BCUT2D eigenvalue weighted by Gasteiger charge is 2.16. The van der Waals surface area contributed by atoms with Crippen LogP contribution in [0.1, 0.15) is 31.4 Å². The van der Waals surface area contributed by atoms with Crippen LogP contribution in [0, 0.1) is 0 Å². The van der Waals surface area contributed by atoms with Gasteiger partial charge in [-0.25, -0.2) is 0 Å². The predicted octanol–water partition coefficient (Wildman–Crippen LogP) is 1.06. The van der Waals surface area contributed by atoms with E-state index in [1.165, 1.54) is 5.56 Å². The molecule has 2 N–H and O–H groups in total. The van der Waals surface area contributed by atoms with Gasteiger partial charge in [-0.3, -0.25) is 4.79 Å². The molecule has 1 amide bonds. The van der Waals surface area contributed by atoms with Gasteiger partial charge in [-0.2, -0.15) is 0 Å². The first-order valence-corrected chi connectivity index (χ1v) is 6.89. The summed E-state index contributed by atoms with van der Waals surface area (Å²) in [7, 11) is 1.93. The predicted molar refractivity (Wildman–Crippen MR) is 73.9 cm³/mol. The van der Waals surface area contributed by atoms with Gasteiger partial charge >= 0.3 is 0 Å². The number of nitrogens with one attached hydrogen (secondary N) is 2. The molecule has 5 nitrogen and oxygen atoms in total. The lowest BCUT2D eigenvalue weighted by Gasteiger charge is -2.23. The van der Waals surface area contributed by atoms with Crippen molar-refractivity contribution in [3.05, 3.63) is 24.0 Å². The van der Waals surface area contributed by atoms with Gasteiger partial charge in [0.05, 0.1) is 0 Å². The summed E-state index contributed by atoms with van der Waals surface area (Å²) >= 11 is 0. The lowest BCUT2D eigenvalue weighted by Crippen LogP contribution is -2.40. The van der Waals surface area contributed by atoms with E-state index in [-0.39, 0.29) is 11.9 Å². The molecule has 1 saturated heterocycles. The molecule has 1 aliphatic rings. The van der Waals surface area contributed by atoms with Crippen molar-refractivity contribution in [3.8, 4) is 0 Å². The third-order valence-electron chi connectivity index (χ3n) is 3.62. The highest BCUT2D eigenvalue weighted by Crippen LogP contribution is 2.12. The summed E-state index contributed by atoms with van der Waals surface area (Å²) in [5, 5.41) is 6.25. The number of hydrogen-bond donors (Lipinski definition) is 2. The number of hydrogen-bond acceptors (Lipinski definition) is 3. The van der Waals surface area contributed by atoms with Gasteiger partial charge in [0, 0.05) is 37.7 Å². The number of rotatable bonds is 5. The molecule has 0 spiro atoms. The van der Waals surface area contributed by atoms with Crippen LogP contribution in [0.5, 0.6) is 0 Å². The van der Waals surface area contributed by atoms with E-state index in [1.54, 1.807) is 0 Å². The monoisotopic (exact) mass is 265 g/mol. The van der Waals surface area contributed by atoms with Crippen LogP contribution in [0.4, 0.5) is 0 Å². The molecule has 19 heavy (non-hydrogen) atoms. The molecule has 0 saturated carbocycles. The zero-order valence-corrected chi connectivity index (χ0v) is 11.7. The Labute approximate surface area is 114 Å². The summed E-state index contributed by atoms with van der Waals surface area (Å²) in [4.78, 5) is 11.9. The molecule has 0 radical (unpaired) electrons. The average molecular weight is 265 g/mol. The van der Waals surface area contributed by atoms with Gasteiger partial charge in [-0.05, 0) is 38.4 Å². The maximum absolute atomic E-state index is 11.9. The van der Waals surface area contributed by atoms with Crippen molar-refractivity contribution < 1.29 is 9.53 Å². The summed E-state index contributed by atoms with van der Waals surface area (Å²) in [6.45, 7) is 3.98. The largest absolute Gasteiger partial charge is 0.381 e. The fourth-order valence-corrected chi connectivity index (χ4v) is 2.26. The number of carbonyl (C=O) groups excluding carboxylic acids is 1. The van der Waals surface area contributed by atoms with Crippen molar-refractivity contribution in [2.75, 3.05) is 20.3 Å². The zero-order chi connectivity index (χ0) is 13.7. The Morgan fingerprint density at radius 2 is 2.26 bits per heavy atom. The van der Waals surface area contributed by atoms with Gasteiger partial charge < -0.3 is 19.9 Å². The van der Waals surface area contributed by atoms with E-state index in [0.29, 0.717) is 12.6 Å². The van der Waals surface area contributed by atoms with E-state index in [4.69, 9.17) is 4.74 Å². The van der Waals surface area contributed by atoms with Gasteiger partial charge in [-0.1, -0.05) is 0 Å². The zero-order valence-electron chi connectivity index (χ0n) is 11.7. The molecular weight excluding hydrogens is 242 g/mol. The van der Waals surface area contributed by atoms with Crippen molar-refractivity contribution >= 4 is 5.91 Å². The molecule has 1 fully saturated rings. The average Bonchev–Trinajstić information content (AvgIpc) is 2.87. The molecule has 0 bridgehead atoms. The Kier molecular flexibility index (Phi) is 4.99. The van der Waals surface area contributed by atoms with Gasteiger partial charge in [0.25, 0.3) is 0 Å². The molecule has 2 rings (SSSR count). The van der Waals surface area contributed by atoms with Crippen LogP contribution in [0.15, 0.2) is 18.5 Å². The lowest BCUT2D eigenvalue weighted by atomic mass is 10.1. The molecule has 0 aliphatic carbocycles. The third-order valence-corrected chi connectivity index (χ3v) is 3.62. The summed E-state index contributed by atoms with van der Waals surface area (Å²) < 4.78 is 7.21. The Morgan fingerprint density at radius 3 is 2.95 bits per heavy atom. The number of carbonyl (C=O) groups is 1. The van der Waals surface area contributed by atoms with E-state index in [0.717, 1.165) is 26.1 Å². The smallest absolute Gasteiger partial charge is 0.240 e. The van der Waals surface area contributed by atoms with E-state index >= 15 is 0 Å². The topological polar surface area (TPSA) is 55.3 Å². The molecular formula is C14H23N3O2. The molecule has 106 valence electrons. The molecule has 2 heterocycles. The summed E-state index contributed by atoms with van der Waals surface area (Å²) in [6, 6.07) is 2.62. The van der Waals surface area contributed by atoms with Crippen molar-refractivity contribution in [2.45, 2.75) is 38.4 Å². The molecule has 1 unspecified atom stereocenters. The van der Waals surface area contributed by atoms with Crippen molar-refractivity contribution in [3.63, 3.8) is 0 Å². The van der Waals surface area contributed by atoms with Crippen molar-refractivity contribution in [2.24, 2.45) is 0 Å². The van der Waals surface area contributed by atoms with Crippen LogP contribution in [-0.2, 0) is 16.1 Å². The normalized spacial score (nSPS) is 18.2. The van der Waals surface area contributed by atoms with E-state index < -0.39 is 0 Å². The highest BCUT2D eigenvalue weighted by atomic mass is 16.5. The van der Waals surface area contributed by atoms with Crippen LogP contribution in [0.25, 0.3) is 0 Å². The maximum atomic E-state index is 11.9. The summed E-state index contributed by atoms with van der Waals surface area (Å²) in [5.41, 5.74) is 1.20. The fourth-order valence-electron chi connectivity index (χ4n) is 2.26. The van der Waals surface area contributed by atoms with Gasteiger partial charge in [0.15, 0.2) is 0 Å². The molecule has 0 aromatic carbocycles. The van der Waals surface area contributed by atoms with E-state index in [9.17, 15) is 4.79 Å². The lowest BCUT2D eigenvalue weighted by molar-refractivity contribution is -0.122. The van der Waals surface area contributed by atoms with Crippen LogP contribution in [0.2, 0.25) is 0 Å². The number of amides is 1. The quantitative estimate of drug-likeness (QED) is 0.837. The Morgan fingerprint density at radius 1 is 1.53 bits per heavy atom. The minimum absolute atomic E-state index is 0.0751. The first-order chi connectivity index (χ1) is 9.19. The number of nitrogens with zero attached hydrogens (tertiary/aromatic N) is 1. The first-order valence-electron chi connectivity index (χ1n) is 6.89. The van der Waals surface area contributed by atoms with Gasteiger partial charge in [-0.15, -0.1) is 0 Å². The van der Waals surface area contributed by atoms with Crippen LogP contribution in [0.3, 0.4) is 0 Å². The molecule has 5 heteroatoms. The molecule has 1 aromatic heterocycles. The Balaban J connectivity index is 1.82. The Hall–Kier alpha value is -1.33. The highest BCUT2D eigenvalue weighted by molar-refractivity contribution is 5.76. The van der Waals surface area contributed by atoms with E-state index in [2.05, 4.69) is 17.6 Å². The number of aromatic nitrogens is 1. The fraction of sp³-hybridized carbons (Fsp3) is 0.643. The van der Waals surface area contributed by atoms with Crippen LogP contribution in [-0.4, -0.2) is 36.8 Å². The minimum atomic E-state index is 0.0751. The van der Waals surface area contributed by atoms with Crippen LogP contribution < -0.4 is 10.6 Å². The SMILES string of the molecule is CNC(C)c1ccn(CC(=O)NC2CCOCC2)c1. The summed E-state index contributed by atoms with van der Waals surface area (Å²) in [6.07, 6.45) is 5.80. The maximum Gasteiger partial charge on any atom is 0.240 e. The molecule has 1 atom stereocenters. The van der Waals surface area contributed by atoms with Crippen LogP contribution >= 0.6 is 0 Å². The second kappa shape index (κ2) is 6.73. The Bertz CT molecular complexity index is 411. The van der Waals surface area contributed by atoms with Crippen molar-refractivity contribution in [1.82, 2.24) is 15.2 Å². The molecule has 1 aromatic rings. The van der Waals surface area contributed by atoms with Gasteiger partial charge in [0.2, 0.25) is 5.91 Å².